The second kappa shape index (κ2) is 8.64. The molecule has 0 atom stereocenters. The number of hydrogen-bond acceptors (Lipinski definition) is 5. The normalized spacial score (nSPS) is 16.2. The van der Waals surface area contributed by atoms with Crippen LogP contribution < -0.4 is 10.2 Å². The Balaban J connectivity index is 1.93. The summed E-state index contributed by atoms with van der Waals surface area (Å²) >= 11 is 0. The van der Waals surface area contributed by atoms with Gasteiger partial charge in [0.15, 0.2) is 0 Å². The Hall–Kier alpha value is -1.64. The minimum atomic E-state index is -3.38. The van der Waals surface area contributed by atoms with E-state index in [2.05, 4.69) is 22.2 Å². The van der Waals surface area contributed by atoms with Gasteiger partial charge >= 0.3 is 0 Å². The van der Waals surface area contributed by atoms with Crippen molar-refractivity contribution in [2.75, 3.05) is 62.8 Å². The first-order valence-electron chi connectivity index (χ1n) is 8.58. The fraction of sp³-hybridized carbons (Fsp3) is 0.588. The summed E-state index contributed by atoms with van der Waals surface area (Å²) in [5.41, 5.74) is 1.81. The number of nitrogens with zero attached hydrogens (tertiary/aromatic N) is 3. The number of likely N-dealkylation sites (N-methyl/N-ethyl adjacent to an activating group) is 1. The zero-order valence-corrected chi connectivity index (χ0v) is 16.1. The van der Waals surface area contributed by atoms with E-state index in [1.165, 1.54) is 4.31 Å². The molecule has 1 fully saturated rings. The highest BCUT2D eigenvalue weighted by Gasteiger charge is 2.19. The van der Waals surface area contributed by atoms with Crippen LogP contribution in [-0.4, -0.2) is 76.1 Å². The van der Waals surface area contributed by atoms with Crippen LogP contribution in [0.4, 0.5) is 11.4 Å². The summed E-state index contributed by atoms with van der Waals surface area (Å²) in [5.74, 6) is -0.328. The molecule has 0 bridgehead atoms. The van der Waals surface area contributed by atoms with Gasteiger partial charge in [-0.05, 0) is 37.7 Å². The summed E-state index contributed by atoms with van der Waals surface area (Å²) in [4.78, 5) is 16.8. The SMILES string of the molecule is CCCN(CC(=O)Nc1ccc(N2CCN(C)CC2)cc1)S(C)(=O)=O. The van der Waals surface area contributed by atoms with Crippen LogP contribution in [-0.2, 0) is 14.8 Å². The van der Waals surface area contributed by atoms with E-state index in [4.69, 9.17) is 0 Å². The van der Waals surface area contributed by atoms with E-state index in [0.717, 1.165) is 38.1 Å². The van der Waals surface area contributed by atoms with Crippen molar-refractivity contribution in [3.05, 3.63) is 24.3 Å². The van der Waals surface area contributed by atoms with Gasteiger partial charge in [0.1, 0.15) is 0 Å². The minimum absolute atomic E-state index is 0.160. The molecule has 2 rings (SSSR count). The molecule has 1 saturated heterocycles. The first-order chi connectivity index (χ1) is 11.8. The zero-order valence-electron chi connectivity index (χ0n) is 15.2. The van der Waals surface area contributed by atoms with Gasteiger partial charge in [-0.1, -0.05) is 6.92 Å². The van der Waals surface area contributed by atoms with E-state index in [1.807, 2.05) is 31.2 Å². The molecule has 0 unspecified atom stereocenters. The van der Waals surface area contributed by atoms with Crippen LogP contribution in [0.1, 0.15) is 13.3 Å². The van der Waals surface area contributed by atoms with Gasteiger partial charge < -0.3 is 15.1 Å². The molecule has 0 spiro atoms. The maximum atomic E-state index is 12.1. The van der Waals surface area contributed by atoms with Crippen molar-refractivity contribution >= 4 is 27.3 Å². The lowest BCUT2D eigenvalue weighted by Crippen LogP contribution is -2.44. The van der Waals surface area contributed by atoms with E-state index < -0.39 is 10.0 Å². The highest BCUT2D eigenvalue weighted by atomic mass is 32.2. The molecule has 1 heterocycles. The Morgan fingerprint density at radius 3 is 2.28 bits per heavy atom. The molecule has 0 radical (unpaired) electrons. The summed E-state index contributed by atoms with van der Waals surface area (Å²) in [6.45, 7) is 6.12. The van der Waals surface area contributed by atoms with Gasteiger partial charge in [0.25, 0.3) is 0 Å². The fourth-order valence-corrected chi connectivity index (χ4v) is 3.66. The van der Waals surface area contributed by atoms with E-state index in [9.17, 15) is 13.2 Å². The fourth-order valence-electron chi connectivity index (χ4n) is 2.79. The van der Waals surface area contributed by atoms with Crippen LogP contribution >= 0.6 is 0 Å². The molecule has 0 aromatic heterocycles. The number of amides is 1. The molecule has 1 N–H and O–H groups in total. The molecule has 1 amide bonds. The lowest BCUT2D eigenvalue weighted by atomic mass is 10.2. The summed E-state index contributed by atoms with van der Waals surface area (Å²) in [5, 5.41) is 2.77. The van der Waals surface area contributed by atoms with Gasteiger partial charge in [0.2, 0.25) is 15.9 Å². The number of nitrogens with one attached hydrogen (secondary N) is 1. The van der Waals surface area contributed by atoms with Crippen molar-refractivity contribution in [1.29, 1.82) is 0 Å². The van der Waals surface area contributed by atoms with Crippen LogP contribution in [0, 0.1) is 0 Å². The van der Waals surface area contributed by atoms with E-state index in [0.29, 0.717) is 18.7 Å². The first-order valence-corrected chi connectivity index (χ1v) is 10.4. The van der Waals surface area contributed by atoms with Crippen molar-refractivity contribution in [1.82, 2.24) is 9.21 Å². The van der Waals surface area contributed by atoms with Crippen LogP contribution in [0.5, 0.6) is 0 Å². The van der Waals surface area contributed by atoms with Crippen molar-refractivity contribution in [2.24, 2.45) is 0 Å². The summed E-state index contributed by atoms with van der Waals surface area (Å²) in [6.07, 6.45) is 1.79. The number of benzene rings is 1. The predicted octanol–water partition coefficient (Wildman–Crippen LogP) is 1.05. The third-order valence-electron chi connectivity index (χ3n) is 4.28. The quantitative estimate of drug-likeness (QED) is 0.779. The van der Waals surface area contributed by atoms with Gasteiger partial charge in [-0.15, -0.1) is 0 Å². The standard InChI is InChI=1S/C17H28N4O3S/c1-4-9-21(25(3,23)24)14-17(22)18-15-5-7-16(8-6-15)20-12-10-19(2)11-13-20/h5-8H,4,9-14H2,1-3H3,(H,18,22). The molecule has 140 valence electrons. The number of carbonyl (C=O) groups excluding carboxylic acids is 1. The van der Waals surface area contributed by atoms with Crippen molar-refractivity contribution in [2.45, 2.75) is 13.3 Å². The maximum Gasteiger partial charge on any atom is 0.239 e. The smallest absolute Gasteiger partial charge is 0.239 e. The first kappa shape index (κ1) is 19.7. The van der Waals surface area contributed by atoms with Crippen LogP contribution in [0.15, 0.2) is 24.3 Å². The van der Waals surface area contributed by atoms with E-state index in [-0.39, 0.29) is 12.5 Å². The monoisotopic (exact) mass is 368 g/mol. The Labute approximate surface area is 150 Å². The second-order valence-corrected chi connectivity index (χ2v) is 8.46. The summed E-state index contributed by atoms with van der Waals surface area (Å²) in [7, 11) is -1.26. The maximum absolute atomic E-state index is 12.1. The average Bonchev–Trinajstić information content (AvgIpc) is 2.55. The topological polar surface area (TPSA) is 73.0 Å². The molecule has 25 heavy (non-hydrogen) atoms. The lowest BCUT2D eigenvalue weighted by molar-refractivity contribution is -0.116. The number of anilines is 2. The van der Waals surface area contributed by atoms with Crippen molar-refractivity contribution in [3.8, 4) is 0 Å². The van der Waals surface area contributed by atoms with Gasteiger partial charge in [0.05, 0.1) is 12.8 Å². The third-order valence-corrected chi connectivity index (χ3v) is 5.53. The molecule has 1 aliphatic rings. The van der Waals surface area contributed by atoms with Crippen molar-refractivity contribution in [3.63, 3.8) is 0 Å². The molecule has 7 nitrogen and oxygen atoms in total. The second-order valence-electron chi connectivity index (χ2n) is 6.48. The zero-order chi connectivity index (χ0) is 18.4. The molecule has 0 saturated carbocycles. The molecule has 0 aliphatic carbocycles. The number of hydrogen-bond donors (Lipinski definition) is 1. The molecule has 1 aromatic carbocycles. The van der Waals surface area contributed by atoms with Gasteiger partial charge in [-0.3, -0.25) is 4.79 Å². The Bertz CT molecular complexity index is 668. The molecule has 1 aromatic rings. The van der Waals surface area contributed by atoms with Crippen LogP contribution in [0.3, 0.4) is 0 Å². The Morgan fingerprint density at radius 2 is 1.76 bits per heavy atom. The summed E-state index contributed by atoms with van der Waals surface area (Å²) < 4.78 is 24.6. The Kier molecular flexibility index (Phi) is 6.80. The number of sulfonamides is 1. The molecular weight excluding hydrogens is 340 g/mol. The van der Waals surface area contributed by atoms with E-state index in [1.54, 1.807) is 0 Å². The predicted molar refractivity (Wildman–Crippen MR) is 101 cm³/mol. The average molecular weight is 369 g/mol. The van der Waals surface area contributed by atoms with Gasteiger partial charge in [-0.25, -0.2) is 8.42 Å². The Morgan fingerprint density at radius 1 is 1.16 bits per heavy atom. The lowest BCUT2D eigenvalue weighted by Gasteiger charge is -2.34. The van der Waals surface area contributed by atoms with E-state index >= 15 is 0 Å². The number of carbonyl (C=O) groups is 1. The van der Waals surface area contributed by atoms with Crippen LogP contribution in [0.2, 0.25) is 0 Å². The largest absolute Gasteiger partial charge is 0.369 e. The highest BCUT2D eigenvalue weighted by Crippen LogP contribution is 2.19. The van der Waals surface area contributed by atoms with Crippen molar-refractivity contribution < 1.29 is 13.2 Å². The molecule has 8 heteroatoms. The van der Waals surface area contributed by atoms with Gasteiger partial charge in [-0.2, -0.15) is 4.31 Å². The molecule has 1 aliphatic heterocycles. The highest BCUT2D eigenvalue weighted by molar-refractivity contribution is 7.88. The summed E-state index contributed by atoms with van der Waals surface area (Å²) in [6, 6.07) is 7.69. The molecular formula is C17H28N4O3S. The minimum Gasteiger partial charge on any atom is -0.369 e. The third kappa shape index (κ3) is 5.98. The van der Waals surface area contributed by atoms with Gasteiger partial charge in [0, 0.05) is 44.1 Å². The van der Waals surface area contributed by atoms with Crippen LogP contribution in [0.25, 0.3) is 0 Å². The number of piperazine rings is 1. The number of rotatable bonds is 7.